The van der Waals surface area contributed by atoms with Crippen molar-refractivity contribution < 1.29 is 19.2 Å². The third kappa shape index (κ3) is 4.36. The molecule has 0 radical (unpaired) electrons. The molecule has 3 aromatic rings. The normalized spacial score (nSPS) is 11.8. The zero-order valence-corrected chi connectivity index (χ0v) is 18.4. The SMILES string of the molecule is COC(=O)c1ccccc1Cn1nc(C)c(NC(=O)C(C)n2nc([N+](=O)[O-])cc2C)c1C. The van der Waals surface area contributed by atoms with Gasteiger partial charge in [-0.3, -0.25) is 9.48 Å². The van der Waals surface area contributed by atoms with Crippen molar-refractivity contribution in [2.75, 3.05) is 12.4 Å². The Morgan fingerprint density at radius 3 is 2.53 bits per heavy atom. The fraction of sp³-hybridized carbons (Fsp3) is 0.333. The summed E-state index contributed by atoms with van der Waals surface area (Å²) in [4.78, 5) is 35.3. The van der Waals surface area contributed by atoms with Crippen LogP contribution in [0.3, 0.4) is 0 Å². The van der Waals surface area contributed by atoms with Crippen molar-refractivity contribution >= 4 is 23.4 Å². The topological polar surface area (TPSA) is 134 Å². The Bertz CT molecular complexity index is 1200. The van der Waals surface area contributed by atoms with E-state index in [2.05, 4.69) is 15.5 Å². The number of hydrogen-bond donors (Lipinski definition) is 1. The van der Waals surface area contributed by atoms with E-state index in [1.54, 1.807) is 37.6 Å². The third-order valence-electron chi connectivity index (χ3n) is 5.22. The number of anilines is 1. The first-order chi connectivity index (χ1) is 15.1. The minimum atomic E-state index is -0.772. The van der Waals surface area contributed by atoms with Crippen molar-refractivity contribution in [2.24, 2.45) is 0 Å². The quantitative estimate of drug-likeness (QED) is 0.339. The highest BCUT2D eigenvalue weighted by Crippen LogP contribution is 2.24. The Hall–Kier alpha value is -4.02. The van der Waals surface area contributed by atoms with Crippen LogP contribution in [0.4, 0.5) is 11.5 Å². The van der Waals surface area contributed by atoms with E-state index < -0.39 is 16.9 Å². The first kappa shape index (κ1) is 22.7. The number of carbonyl (C=O) groups is 2. The second kappa shape index (κ2) is 9.00. The van der Waals surface area contributed by atoms with Crippen LogP contribution in [0, 0.1) is 30.9 Å². The molecule has 0 fully saturated rings. The summed E-state index contributed by atoms with van der Waals surface area (Å²) in [7, 11) is 1.33. The smallest absolute Gasteiger partial charge is 0.390 e. The molecule has 1 aromatic carbocycles. The monoisotopic (exact) mass is 440 g/mol. The minimum absolute atomic E-state index is 0.313. The summed E-state index contributed by atoms with van der Waals surface area (Å²) in [6.45, 7) is 7.15. The first-order valence-electron chi connectivity index (χ1n) is 9.85. The van der Waals surface area contributed by atoms with Crippen molar-refractivity contribution in [1.82, 2.24) is 19.6 Å². The van der Waals surface area contributed by atoms with Gasteiger partial charge in [0, 0.05) is 0 Å². The molecule has 11 nitrogen and oxygen atoms in total. The van der Waals surface area contributed by atoms with Crippen LogP contribution in [0.25, 0.3) is 0 Å². The summed E-state index contributed by atoms with van der Waals surface area (Å²) in [6.07, 6.45) is 0. The third-order valence-corrected chi connectivity index (χ3v) is 5.22. The highest BCUT2D eigenvalue weighted by Gasteiger charge is 2.26. The molecule has 0 spiro atoms. The van der Waals surface area contributed by atoms with Gasteiger partial charge >= 0.3 is 11.8 Å². The van der Waals surface area contributed by atoms with E-state index in [9.17, 15) is 19.7 Å². The lowest BCUT2D eigenvalue weighted by Gasteiger charge is -2.12. The van der Waals surface area contributed by atoms with Crippen LogP contribution in [0.2, 0.25) is 0 Å². The van der Waals surface area contributed by atoms with Crippen LogP contribution in [-0.4, -0.2) is 43.5 Å². The van der Waals surface area contributed by atoms with E-state index in [-0.39, 0.29) is 11.7 Å². The number of hydrogen-bond acceptors (Lipinski definition) is 7. The van der Waals surface area contributed by atoms with E-state index in [1.807, 2.05) is 19.1 Å². The largest absolute Gasteiger partial charge is 0.465 e. The minimum Gasteiger partial charge on any atom is -0.465 e. The fourth-order valence-corrected chi connectivity index (χ4v) is 3.45. The molecular weight excluding hydrogens is 416 g/mol. The number of rotatable bonds is 7. The molecule has 0 aliphatic rings. The molecule has 11 heteroatoms. The molecule has 0 aliphatic carbocycles. The lowest BCUT2D eigenvalue weighted by Crippen LogP contribution is -2.25. The molecule has 0 saturated heterocycles. The number of esters is 1. The molecule has 0 bridgehead atoms. The molecule has 0 aliphatic heterocycles. The van der Waals surface area contributed by atoms with E-state index in [0.29, 0.717) is 34.9 Å². The molecule has 1 N–H and O–H groups in total. The van der Waals surface area contributed by atoms with Gasteiger partial charge in [0.15, 0.2) is 0 Å². The second-order valence-corrected chi connectivity index (χ2v) is 7.36. The van der Waals surface area contributed by atoms with E-state index in [1.165, 1.54) is 17.9 Å². The number of benzene rings is 1. The van der Waals surface area contributed by atoms with Crippen molar-refractivity contribution in [3.05, 3.63) is 68.7 Å². The van der Waals surface area contributed by atoms with Gasteiger partial charge in [-0.05, 0) is 44.2 Å². The van der Waals surface area contributed by atoms with Crippen molar-refractivity contribution in [2.45, 2.75) is 40.3 Å². The summed E-state index contributed by atoms with van der Waals surface area (Å²) in [5, 5.41) is 22.2. The number of aryl methyl sites for hydroxylation is 2. The van der Waals surface area contributed by atoms with E-state index >= 15 is 0 Å². The molecule has 1 atom stereocenters. The van der Waals surface area contributed by atoms with Crippen LogP contribution >= 0.6 is 0 Å². The number of methoxy groups -OCH3 is 1. The maximum Gasteiger partial charge on any atom is 0.390 e. The summed E-state index contributed by atoms with van der Waals surface area (Å²) in [6, 6.07) is 7.62. The van der Waals surface area contributed by atoms with E-state index in [4.69, 9.17) is 4.74 Å². The lowest BCUT2D eigenvalue weighted by molar-refractivity contribution is -0.389. The number of aromatic nitrogens is 4. The van der Waals surface area contributed by atoms with Crippen LogP contribution in [0.5, 0.6) is 0 Å². The molecular formula is C21H24N6O5. The standard InChI is InChI=1S/C21H24N6O5/c1-12-10-18(27(30)31)24-26(12)15(4)20(28)22-19-13(2)23-25(14(19)3)11-16-8-6-7-9-17(16)21(29)32-5/h6-10,15H,11H2,1-5H3,(H,22,28). The second-order valence-electron chi connectivity index (χ2n) is 7.36. The Labute approximate surface area is 184 Å². The van der Waals surface area contributed by atoms with Gasteiger partial charge < -0.3 is 20.2 Å². The Morgan fingerprint density at radius 2 is 1.91 bits per heavy atom. The van der Waals surface area contributed by atoms with Gasteiger partial charge in [0.05, 0.1) is 53.2 Å². The average Bonchev–Trinajstić information content (AvgIpc) is 3.28. The van der Waals surface area contributed by atoms with Crippen LogP contribution in [0.1, 0.15) is 46.0 Å². The zero-order chi connectivity index (χ0) is 23.6. The maximum absolute atomic E-state index is 12.9. The maximum atomic E-state index is 12.9. The van der Waals surface area contributed by atoms with Gasteiger partial charge in [-0.15, -0.1) is 0 Å². The molecule has 2 aromatic heterocycles. The summed E-state index contributed by atoms with van der Waals surface area (Å²) in [5.74, 6) is -1.13. The number of nitro groups is 1. The van der Waals surface area contributed by atoms with Gasteiger partial charge in [-0.1, -0.05) is 18.2 Å². The first-order valence-corrected chi connectivity index (χ1v) is 9.85. The van der Waals surface area contributed by atoms with Crippen LogP contribution in [-0.2, 0) is 16.1 Å². The highest BCUT2D eigenvalue weighted by atomic mass is 16.6. The van der Waals surface area contributed by atoms with E-state index in [0.717, 1.165) is 5.56 Å². The molecule has 1 unspecified atom stereocenters. The number of nitrogens with one attached hydrogen (secondary N) is 1. The number of nitrogens with zero attached hydrogens (tertiary/aromatic N) is 5. The van der Waals surface area contributed by atoms with Crippen molar-refractivity contribution in [3.63, 3.8) is 0 Å². The molecule has 32 heavy (non-hydrogen) atoms. The van der Waals surface area contributed by atoms with Gasteiger partial charge in [-0.2, -0.15) is 9.78 Å². The van der Waals surface area contributed by atoms with Gasteiger partial charge in [0.1, 0.15) is 6.04 Å². The fourth-order valence-electron chi connectivity index (χ4n) is 3.45. The van der Waals surface area contributed by atoms with Gasteiger partial charge in [0.25, 0.3) is 5.91 Å². The van der Waals surface area contributed by atoms with Crippen LogP contribution in [0.15, 0.2) is 30.3 Å². The zero-order valence-electron chi connectivity index (χ0n) is 18.4. The highest BCUT2D eigenvalue weighted by molar-refractivity contribution is 5.94. The lowest BCUT2D eigenvalue weighted by atomic mass is 10.1. The van der Waals surface area contributed by atoms with Crippen molar-refractivity contribution in [1.29, 1.82) is 0 Å². The predicted octanol–water partition coefficient (Wildman–Crippen LogP) is 2.95. The Kier molecular flexibility index (Phi) is 6.37. The van der Waals surface area contributed by atoms with Crippen LogP contribution < -0.4 is 5.32 Å². The Balaban J connectivity index is 1.83. The van der Waals surface area contributed by atoms with Gasteiger partial charge in [0.2, 0.25) is 0 Å². The summed E-state index contributed by atoms with van der Waals surface area (Å²) < 4.78 is 7.86. The number of ether oxygens (including phenoxy) is 1. The van der Waals surface area contributed by atoms with Gasteiger partial charge in [-0.25, -0.2) is 4.79 Å². The summed E-state index contributed by atoms with van der Waals surface area (Å²) in [5.41, 5.74) is 3.51. The molecule has 2 heterocycles. The van der Waals surface area contributed by atoms with Crippen molar-refractivity contribution in [3.8, 4) is 0 Å². The molecule has 1 amide bonds. The predicted molar refractivity (Wildman–Crippen MR) is 116 cm³/mol. The number of carbonyl (C=O) groups excluding carboxylic acids is 2. The molecule has 0 saturated carbocycles. The number of amides is 1. The molecule has 168 valence electrons. The average molecular weight is 440 g/mol. The Morgan fingerprint density at radius 1 is 1.22 bits per heavy atom. The summed E-state index contributed by atoms with van der Waals surface area (Å²) >= 11 is 0. The molecule has 3 rings (SSSR count).